The van der Waals surface area contributed by atoms with E-state index in [4.69, 9.17) is 27.6 Å². The minimum Gasteiger partial charge on any atom is -0.403 e. The van der Waals surface area contributed by atoms with Crippen molar-refractivity contribution in [2.45, 2.75) is 4.90 Å². The Morgan fingerprint density at radius 3 is 2.41 bits per heavy atom. The summed E-state index contributed by atoms with van der Waals surface area (Å²) in [7, 11) is -3.86. The van der Waals surface area contributed by atoms with Crippen molar-refractivity contribution in [1.29, 1.82) is 0 Å². The van der Waals surface area contributed by atoms with Gasteiger partial charge >= 0.3 is 6.01 Å². The van der Waals surface area contributed by atoms with Gasteiger partial charge in [0.05, 0.1) is 15.5 Å². The molecule has 162 valence electrons. The first-order valence-corrected chi connectivity index (χ1v) is 11.3. The third-order valence-corrected chi connectivity index (χ3v) is 6.23. The normalized spacial score (nSPS) is 11.2. The third-order valence-electron chi connectivity index (χ3n) is 4.25. The lowest BCUT2D eigenvalue weighted by atomic mass is 10.2. The number of aromatic nitrogens is 2. The maximum absolute atomic E-state index is 12.6. The molecule has 1 heterocycles. The molecule has 0 radical (unpaired) electrons. The van der Waals surface area contributed by atoms with Gasteiger partial charge in [0.15, 0.2) is 0 Å². The van der Waals surface area contributed by atoms with Crippen molar-refractivity contribution >= 4 is 50.8 Å². The van der Waals surface area contributed by atoms with Gasteiger partial charge in [-0.05, 0) is 54.6 Å². The summed E-state index contributed by atoms with van der Waals surface area (Å²) in [6.45, 7) is 0. The molecule has 0 aliphatic carbocycles. The zero-order valence-corrected chi connectivity index (χ0v) is 18.4. The Balaban J connectivity index is 1.49. The predicted octanol–water partition coefficient (Wildman–Crippen LogP) is 5.10. The number of carbonyl (C=O) groups is 1. The molecule has 0 atom stereocenters. The van der Waals surface area contributed by atoms with Crippen LogP contribution in [0.2, 0.25) is 10.0 Å². The van der Waals surface area contributed by atoms with Crippen LogP contribution in [-0.2, 0) is 10.0 Å². The zero-order valence-electron chi connectivity index (χ0n) is 16.1. The van der Waals surface area contributed by atoms with E-state index in [1.165, 1.54) is 48.5 Å². The molecule has 0 saturated heterocycles. The number of rotatable bonds is 6. The number of benzene rings is 3. The SMILES string of the molecule is O=C(Nc1nnc(-c2ccccc2Cl)o1)c1cccc(NS(=O)(=O)c2ccc(Cl)cc2)c1. The molecule has 4 aromatic rings. The van der Waals surface area contributed by atoms with Crippen LogP contribution in [0.4, 0.5) is 11.7 Å². The van der Waals surface area contributed by atoms with Gasteiger partial charge in [0, 0.05) is 16.3 Å². The second kappa shape index (κ2) is 8.99. The van der Waals surface area contributed by atoms with Crippen molar-refractivity contribution in [3.05, 3.63) is 88.4 Å². The predicted molar refractivity (Wildman–Crippen MR) is 121 cm³/mol. The maximum atomic E-state index is 12.6. The number of halogens is 2. The lowest BCUT2D eigenvalue weighted by molar-refractivity contribution is 0.102. The van der Waals surface area contributed by atoms with Gasteiger partial charge in [0.1, 0.15) is 0 Å². The van der Waals surface area contributed by atoms with Crippen LogP contribution < -0.4 is 10.0 Å². The number of nitrogens with zero attached hydrogens (tertiary/aromatic N) is 2. The molecule has 32 heavy (non-hydrogen) atoms. The molecular formula is C21H14Cl2N4O4S. The summed E-state index contributed by atoms with van der Waals surface area (Å²) in [6.07, 6.45) is 0. The van der Waals surface area contributed by atoms with Gasteiger partial charge in [-0.15, -0.1) is 5.10 Å². The van der Waals surface area contributed by atoms with Crippen molar-refractivity contribution in [2.24, 2.45) is 0 Å². The molecule has 0 fully saturated rings. The molecule has 1 aromatic heterocycles. The molecule has 0 spiro atoms. The van der Waals surface area contributed by atoms with Gasteiger partial charge in [-0.3, -0.25) is 14.8 Å². The van der Waals surface area contributed by atoms with E-state index in [0.717, 1.165) is 0 Å². The fourth-order valence-electron chi connectivity index (χ4n) is 2.74. The summed E-state index contributed by atoms with van der Waals surface area (Å²) in [6, 6.07) is 18.5. The van der Waals surface area contributed by atoms with Crippen LogP contribution in [0, 0.1) is 0 Å². The van der Waals surface area contributed by atoms with Crippen molar-refractivity contribution < 1.29 is 17.6 Å². The van der Waals surface area contributed by atoms with Crippen LogP contribution in [0.3, 0.4) is 0 Å². The fraction of sp³-hybridized carbons (Fsp3) is 0. The molecule has 0 aliphatic rings. The van der Waals surface area contributed by atoms with Gasteiger partial charge in [-0.25, -0.2) is 8.42 Å². The van der Waals surface area contributed by atoms with Gasteiger partial charge in [-0.1, -0.05) is 46.5 Å². The maximum Gasteiger partial charge on any atom is 0.322 e. The van der Waals surface area contributed by atoms with Gasteiger partial charge in [0.25, 0.3) is 21.8 Å². The first-order chi connectivity index (χ1) is 15.3. The average Bonchev–Trinajstić information content (AvgIpc) is 3.22. The minimum atomic E-state index is -3.86. The summed E-state index contributed by atoms with van der Waals surface area (Å²) in [5.41, 5.74) is 0.912. The van der Waals surface area contributed by atoms with Crippen LogP contribution in [-0.4, -0.2) is 24.5 Å². The molecule has 4 rings (SSSR count). The second-order valence-corrected chi connectivity index (χ2v) is 9.01. The smallest absolute Gasteiger partial charge is 0.322 e. The first-order valence-electron chi connectivity index (χ1n) is 9.10. The number of nitrogens with one attached hydrogen (secondary N) is 2. The molecule has 2 N–H and O–H groups in total. The third kappa shape index (κ3) is 4.91. The topological polar surface area (TPSA) is 114 Å². The number of hydrogen-bond acceptors (Lipinski definition) is 6. The molecule has 0 saturated carbocycles. The van der Waals surface area contributed by atoms with Crippen LogP contribution in [0.15, 0.2) is 82.1 Å². The van der Waals surface area contributed by atoms with Gasteiger partial charge in [-0.2, -0.15) is 0 Å². The van der Waals surface area contributed by atoms with Crippen LogP contribution in [0.25, 0.3) is 11.5 Å². The van der Waals surface area contributed by atoms with Crippen LogP contribution >= 0.6 is 23.2 Å². The molecule has 3 aromatic carbocycles. The standard InChI is InChI=1S/C21H14Cl2N4O4S/c22-14-8-10-16(11-9-14)32(29,30)27-15-5-3-4-13(12-15)19(28)24-21-26-25-20(31-21)17-6-1-2-7-18(17)23/h1-12,27H,(H,24,26,28). The Labute approximate surface area is 193 Å². The number of hydrogen-bond donors (Lipinski definition) is 2. The summed E-state index contributed by atoms with van der Waals surface area (Å²) in [5, 5.41) is 11.0. The summed E-state index contributed by atoms with van der Waals surface area (Å²) in [5.74, 6) is -0.415. The minimum absolute atomic E-state index is 0.0368. The number of carbonyl (C=O) groups excluding carboxylic acids is 1. The highest BCUT2D eigenvalue weighted by Gasteiger charge is 2.17. The molecule has 0 aliphatic heterocycles. The lowest BCUT2D eigenvalue weighted by Gasteiger charge is -2.09. The number of sulfonamides is 1. The van der Waals surface area contributed by atoms with E-state index >= 15 is 0 Å². The van der Waals surface area contributed by atoms with Crippen LogP contribution in [0.5, 0.6) is 0 Å². The summed E-state index contributed by atoms with van der Waals surface area (Å²) < 4.78 is 33.0. The zero-order chi connectivity index (χ0) is 22.7. The largest absolute Gasteiger partial charge is 0.403 e. The highest BCUT2D eigenvalue weighted by molar-refractivity contribution is 7.92. The van der Waals surface area contributed by atoms with E-state index in [1.807, 2.05) is 0 Å². The highest BCUT2D eigenvalue weighted by Crippen LogP contribution is 2.27. The Morgan fingerprint density at radius 1 is 0.906 bits per heavy atom. The summed E-state index contributed by atoms with van der Waals surface area (Å²) in [4.78, 5) is 12.6. The molecule has 8 nitrogen and oxygen atoms in total. The van der Waals surface area contributed by atoms with E-state index in [1.54, 1.807) is 24.3 Å². The van der Waals surface area contributed by atoms with Gasteiger partial charge < -0.3 is 4.42 Å². The number of amides is 1. The Morgan fingerprint density at radius 2 is 1.66 bits per heavy atom. The van der Waals surface area contributed by atoms with E-state index in [9.17, 15) is 13.2 Å². The van der Waals surface area contributed by atoms with E-state index < -0.39 is 15.9 Å². The molecule has 0 unspecified atom stereocenters. The van der Waals surface area contributed by atoms with E-state index in [-0.39, 0.29) is 28.1 Å². The van der Waals surface area contributed by atoms with E-state index in [0.29, 0.717) is 15.6 Å². The Hall–Kier alpha value is -3.40. The Kier molecular flexibility index (Phi) is 6.13. The molecule has 0 bridgehead atoms. The van der Waals surface area contributed by atoms with Crippen molar-refractivity contribution in [3.63, 3.8) is 0 Å². The molecule has 11 heteroatoms. The van der Waals surface area contributed by atoms with Gasteiger partial charge in [0.2, 0.25) is 0 Å². The van der Waals surface area contributed by atoms with E-state index in [2.05, 4.69) is 20.2 Å². The second-order valence-electron chi connectivity index (χ2n) is 6.49. The average molecular weight is 489 g/mol. The highest BCUT2D eigenvalue weighted by atomic mass is 35.5. The molecule has 1 amide bonds. The lowest BCUT2D eigenvalue weighted by Crippen LogP contribution is -2.15. The molecular weight excluding hydrogens is 475 g/mol. The van der Waals surface area contributed by atoms with Crippen molar-refractivity contribution in [3.8, 4) is 11.5 Å². The Bertz CT molecular complexity index is 1390. The quantitative estimate of drug-likeness (QED) is 0.390. The van der Waals surface area contributed by atoms with Crippen LogP contribution in [0.1, 0.15) is 10.4 Å². The monoisotopic (exact) mass is 488 g/mol. The van der Waals surface area contributed by atoms with Crippen molar-refractivity contribution in [1.82, 2.24) is 10.2 Å². The summed E-state index contributed by atoms with van der Waals surface area (Å²) >= 11 is 11.9. The number of anilines is 2. The fourth-order valence-corrected chi connectivity index (χ4v) is 4.13. The van der Waals surface area contributed by atoms with Crippen molar-refractivity contribution in [2.75, 3.05) is 10.0 Å². The first kappa shape index (κ1) is 21.8.